The van der Waals surface area contributed by atoms with Crippen molar-refractivity contribution in [3.63, 3.8) is 0 Å². The van der Waals surface area contributed by atoms with E-state index in [-0.39, 0.29) is 0 Å². The van der Waals surface area contributed by atoms with E-state index >= 15 is 0 Å². The molecule has 3 nitrogen and oxygen atoms in total. The van der Waals surface area contributed by atoms with Gasteiger partial charge in [0, 0.05) is 17.5 Å². The first-order chi connectivity index (χ1) is 8.29. The minimum atomic E-state index is 0.790. The fourth-order valence-corrected chi connectivity index (χ4v) is 1.72. The van der Waals surface area contributed by atoms with Crippen LogP contribution in [-0.4, -0.2) is 11.5 Å². The minimum absolute atomic E-state index is 0.790. The highest BCUT2D eigenvalue weighted by Gasteiger charge is 2.04. The van der Waals surface area contributed by atoms with Gasteiger partial charge in [0.15, 0.2) is 0 Å². The summed E-state index contributed by atoms with van der Waals surface area (Å²) in [6.07, 6.45) is 2.94. The second kappa shape index (κ2) is 5.64. The van der Waals surface area contributed by atoms with Crippen LogP contribution in [0.1, 0.15) is 24.8 Å². The van der Waals surface area contributed by atoms with Crippen LogP contribution in [0.2, 0.25) is 0 Å². The van der Waals surface area contributed by atoms with E-state index in [1.165, 1.54) is 0 Å². The monoisotopic (exact) mass is 230 g/mol. The molecule has 0 aliphatic rings. The van der Waals surface area contributed by atoms with Crippen molar-refractivity contribution >= 4 is 0 Å². The lowest BCUT2D eigenvalue weighted by Crippen LogP contribution is -2.12. The topological polar surface area (TPSA) is 38.1 Å². The van der Waals surface area contributed by atoms with E-state index in [0.29, 0.717) is 0 Å². The van der Waals surface area contributed by atoms with Crippen molar-refractivity contribution in [1.29, 1.82) is 0 Å². The van der Waals surface area contributed by atoms with Crippen molar-refractivity contribution in [2.24, 2.45) is 0 Å². The van der Waals surface area contributed by atoms with E-state index in [9.17, 15) is 0 Å². The number of nitrogens with zero attached hydrogens (tertiary/aromatic N) is 1. The van der Waals surface area contributed by atoms with Crippen LogP contribution < -0.4 is 5.32 Å². The van der Waals surface area contributed by atoms with E-state index in [1.54, 1.807) is 0 Å². The van der Waals surface area contributed by atoms with Crippen LogP contribution in [0.15, 0.2) is 34.9 Å². The van der Waals surface area contributed by atoms with Gasteiger partial charge in [0.25, 0.3) is 0 Å². The summed E-state index contributed by atoms with van der Waals surface area (Å²) in [6, 6.07) is 8.03. The van der Waals surface area contributed by atoms with Crippen molar-refractivity contribution in [2.75, 3.05) is 6.54 Å². The number of hydrogen-bond acceptors (Lipinski definition) is 3. The Bertz CT molecular complexity index is 477. The third-order valence-corrected chi connectivity index (χ3v) is 2.57. The molecular weight excluding hydrogens is 212 g/mol. The van der Waals surface area contributed by atoms with Gasteiger partial charge >= 0.3 is 0 Å². The summed E-state index contributed by atoms with van der Waals surface area (Å²) in [5, 5.41) is 3.32. The van der Waals surface area contributed by atoms with E-state index in [0.717, 1.165) is 42.3 Å². The molecule has 2 heterocycles. The molecule has 0 aliphatic heterocycles. The molecule has 90 valence electrons. The van der Waals surface area contributed by atoms with Gasteiger partial charge < -0.3 is 9.73 Å². The van der Waals surface area contributed by atoms with E-state index in [1.807, 2.05) is 37.4 Å². The number of nitrogens with one attached hydrogen (secondary N) is 1. The lowest BCUT2D eigenvalue weighted by Gasteiger charge is -2.00. The fourth-order valence-electron chi connectivity index (χ4n) is 1.72. The Balaban J connectivity index is 2.07. The maximum Gasteiger partial charge on any atom is 0.134 e. The lowest BCUT2D eigenvalue weighted by atomic mass is 10.2. The third-order valence-electron chi connectivity index (χ3n) is 2.57. The smallest absolute Gasteiger partial charge is 0.134 e. The third kappa shape index (κ3) is 3.17. The molecule has 0 radical (unpaired) electrons. The highest BCUT2D eigenvalue weighted by molar-refractivity contribution is 5.57. The molecule has 0 saturated heterocycles. The summed E-state index contributed by atoms with van der Waals surface area (Å²) in [5.41, 5.74) is 2.09. The first-order valence-corrected chi connectivity index (χ1v) is 6.02. The molecule has 2 aromatic rings. The summed E-state index contributed by atoms with van der Waals surface area (Å²) in [7, 11) is 0. The quantitative estimate of drug-likeness (QED) is 0.802. The van der Waals surface area contributed by atoms with Crippen LogP contribution in [0.4, 0.5) is 0 Å². The predicted octanol–water partition coefficient (Wildman–Crippen LogP) is 3.15. The lowest BCUT2D eigenvalue weighted by molar-refractivity contribution is 0.493. The van der Waals surface area contributed by atoms with Crippen LogP contribution in [0, 0.1) is 6.92 Å². The molecule has 17 heavy (non-hydrogen) atoms. The molecule has 1 N–H and O–H groups in total. The van der Waals surface area contributed by atoms with Crippen LogP contribution in [0.5, 0.6) is 0 Å². The molecular formula is C14H18N2O. The molecule has 0 spiro atoms. The number of hydrogen-bond donors (Lipinski definition) is 1. The van der Waals surface area contributed by atoms with Gasteiger partial charge in [0.2, 0.25) is 0 Å². The fraction of sp³-hybridized carbons (Fsp3) is 0.357. The second-order valence-corrected chi connectivity index (χ2v) is 4.13. The van der Waals surface area contributed by atoms with Gasteiger partial charge in [-0.2, -0.15) is 0 Å². The summed E-state index contributed by atoms with van der Waals surface area (Å²) in [5.74, 6) is 1.88. The molecule has 2 aromatic heterocycles. The molecule has 0 saturated carbocycles. The molecule has 0 atom stereocenters. The Labute approximate surface area is 102 Å². The first kappa shape index (κ1) is 11.9. The average Bonchev–Trinajstić information content (AvgIpc) is 2.78. The number of pyridine rings is 1. The molecule has 3 heteroatoms. The molecule has 0 unspecified atom stereocenters. The normalized spacial score (nSPS) is 10.7. The maximum atomic E-state index is 5.78. The van der Waals surface area contributed by atoms with Gasteiger partial charge in [-0.25, -0.2) is 0 Å². The number of furan rings is 1. The second-order valence-electron chi connectivity index (χ2n) is 4.13. The van der Waals surface area contributed by atoms with Crippen molar-refractivity contribution < 1.29 is 4.42 Å². The predicted molar refractivity (Wildman–Crippen MR) is 68.7 cm³/mol. The van der Waals surface area contributed by atoms with Gasteiger partial charge in [0.1, 0.15) is 11.5 Å². The zero-order chi connectivity index (χ0) is 12.1. The standard InChI is InChI=1S/C14H18N2O/c1-3-7-15-10-13-4-5-14(17-13)12-6-8-16-11(2)9-12/h4-6,8-9,15H,3,7,10H2,1-2H3. The van der Waals surface area contributed by atoms with Crippen LogP contribution in [0.25, 0.3) is 11.3 Å². The summed E-state index contributed by atoms with van der Waals surface area (Å²) in [6.45, 7) is 5.94. The average molecular weight is 230 g/mol. The van der Waals surface area contributed by atoms with Crippen LogP contribution >= 0.6 is 0 Å². The molecule has 0 fully saturated rings. The van der Waals surface area contributed by atoms with Gasteiger partial charge in [-0.1, -0.05) is 6.92 Å². The van der Waals surface area contributed by atoms with E-state index < -0.39 is 0 Å². The van der Waals surface area contributed by atoms with Gasteiger partial charge in [0.05, 0.1) is 6.54 Å². The van der Waals surface area contributed by atoms with E-state index in [2.05, 4.69) is 17.2 Å². The van der Waals surface area contributed by atoms with E-state index in [4.69, 9.17) is 4.42 Å². The van der Waals surface area contributed by atoms with Gasteiger partial charge in [-0.15, -0.1) is 0 Å². The Morgan fingerprint density at radius 1 is 1.29 bits per heavy atom. The van der Waals surface area contributed by atoms with Crippen molar-refractivity contribution in [2.45, 2.75) is 26.8 Å². The number of aryl methyl sites for hydroxylation is 1. The van der Waals surface area contributed by atoms with Gasteiger partial charge in [-0.3, -0.25) is 4.98 Å². The minimum Gasteiger partial charge on any atom is -0.460 e. The van der Waals surface area contributed by atoms with Crippen LogP contribution in [-0.2, 0) is 6.54 Å². The maximum absolute atomic E-state index is 5.78. The van der Waals surface area contributed by atoms with Crippen molar-refractivity contribution in [1.82, 2.24) is 10.3 Å². The number of rotatable bonds is 5. The first-order valence-electron chi connectivity index (χ1n) is 6.02. The molecule has 0 aromatic carbocycles. The summed E-state index contributed by atoms with van der Waals surface area (Å²) >= 11 is 0. The van der Waals surface area contributed by atoms with Gasteiger partial charge in [-0.05, 0) is 44.2 Å². The molecule has 0 bridgehead atoms. The number of aromatic nitrogens is 1. The zero-order valence-corrected chi connectivity index (χ0v) is 10.4. The van der Waals surface area contributed by atoms with Crippen LogP contribution in [0.3, 0.4) is 0 Å². The molecule has 2 rings (SSSR count). The SMILES string of the molecule is CCCNCc1ccc(-c2ccnc(C)c2)o1. The zero-order valence-electron chi connectivity index (χ0n) is 10.4. The summed E-state index contributed by atoms with van der Waals surface area (Å²) in [4.78, 5) is 4.18. The largest absolute Gasteiger partial charge is 0.460 e. The Morgan fingerprint density at radius 3 is 2.94 bits per heavy atom. The van der Waals surface area contributed by atoms with Crippen molar-refractivity contribution in [3.8, 4) is 11.3 Å². The summed E-state index contributed by atoms with van der Waals surface area (Å²) < 4.78 is 5.78. The Hall–Kier alpha value is -1.61. The van der Waals surface area contributed by atoms with Crippen molar-refractivity contribution in [3.05, 3.63) is 41.9 Å². The Kier molecular flexibility index (Phi) is 3.94. The molecule has 0 aliphatic carbocycles. The highest BCUT2D eigenvalue weighted by Crippen LogP contribution is 2.22. The molecule has 0 amide bonds. The highest BCUT2D eigenvalue weighted by atomic mass is 16.3. The Morgan fingerprint density at radius 2 is 2.18 bits per heavy atom.